The van der Waals surface area contributed by atoms with Crippen LogP contribution in [0, 0.1) is 17.8 Å². The summed E-state index contributed by atoms with van der Waals surface area (Å²) in [5, 5.41) is 0. The zero-order valence-electron chi connectivity index (χ0n) is 10.0. The van der Waals surface area contributed by atoms with E-state index in [2.05, 4.69) is 6.58 Å². The van der Waals surface area contributed by atoms with Gasteiger partial charge in [0, 0.05) is 11.8 Å². The smallest absolute Gasteiger partial charge is 0.206 e. The van der Waals surface area contributed by atoms with Gasteiger partial charge in [-0.15, -0.1) is 0 Å². The third-order valence-corrected chi connectivity index (χ3v) is 3.74. The molecule has 0 aromatic rings. The maximum absolute atomic E-state index is 13.9. The van der Waals surface area contributed by atoms with Crippen molar-refractivity contribution in [1.82, 2.24) is 0 Å². The summed E-state index contributed by atoms with van der Waals surface area (Å²) < 4.78 is 27.7. The van der Waals surface area contributed by atoms with Crippen molar-refractivity contribution in [1.29, 1.82) is 0 Å². The summed E-state index contributed by atoms with van der Waals surface area (Å²) in [6, 6.07) is 0. The lowest BCUT2D eigenvalue weighted by Crippen LogP contribution is -2.42. The van der Waals surface area contributed by atoms with Crippen molar-refractivity contribution >= 4 is 0 Å². The van der Waals surface area contributed by atoms with Gasteiger partial charge in [0.1, 0.15) is 0 Å². The number of alkyl halides is 2. The number of hydrogen-bond donors (Lipinski definition) is 0. The molecule has 15 heavy (non-hydrogen) atoms. The fraction of sp³-hybridized carbons (Fsp3) is 0.846. The maximum Gasteiger partial charge on any atom is 0.253 e. The average molecular weight is 216 g/mol. The van der Waals surface area contributed by atoms with E-state index in [4.69, 9.17) is 0 Å². The predicted molar refractivity (Wildman–Crippen MR) is 60.0 cm³/mol. The molecule has 0 amide bonds. The van der Waals surface area contributed by atoms with Crippen LogP contribution in [0.4, 0.5) is 8.78 Å². The molecule has 3 atom stereocenters. The number of allylic oxidation sites excluding steroid dienone is 1. The topological polar surface area (TPSA) is 0 Å². The van der Waals surface area contributed by atoms with Crippen molar-refractivity contribution in [2.75, 3.05) is 0 Å². The molecule has 1 fully saturated rings. The van der Waals surface area contributed by atoms with Crippen LogP contribution in [0.1, 0.15) is 46.5 Å². The Labute approximate surface area is 91.8 Å². The van der Waals surface area contributed by atoms with Crippen LogP contribution in [0.25, 0.3) is 0 Å². The first-order valence-electron chi connectivity index (χ1n) is 5.92. The Balaban J connectivity index is 2.77. The van der Waals surface area contributed by atoms with Crippen molar-refractivity contribution in [3.05, 3.63) is 12.2 Å². The minimum atomic E-state index is -2.47. The molecule has 88 valence electrons. The second-order valence-corrected chi connectivity index (χ2v) is 5.08. The van der Waals surface area contributed by atoms with Crippen LogP contribution in [-0.2, 0) is 0 Å². The molecule has 0 N–H and O–H groups in total. The van der Waals surface area contributed by atoms with Gasteiger partial charge in [0.05, 0.1) is 0 Å². The lowest BCUT2D eigenvalue weighted by molar-refractivity contribution is -0.136. The third-order valence-electron chi connectivity index (χ3n) is 3.74. The molecule has 0 saturated heterocycles. The summed E-state index contributed by atoms with van der Waals surface area (Å²) in [6.45, 7) is 9.53. The quantitative estimate of drug-likeness (QED) is 0.602. The lowest BCUT2D eigenvalue weighted by Gasteiger charge is -2.40. The first-order chi connectivity index (χ1) is 6.89. The Hall–Kier alpha value is -0.400. The van der Waals surface area contributed by atoms with Crippen LogP contribution in [0.5, 0.6) is 0 Å². The lowest BCUT2D eigenvalue weighted by atomic mass is 9.70. The molecule has 0 spiro atoms. The van der Waals surface area contributed by atoms with Crippen LogP contribution in [0.2, 0.25) is 0 Å². The van der Waals surface area contributed by atoms with E-state index in [0.717, 1.165) is 12.0 Å². The maximum atomic E-state index is 13.9. The van der Waals surface area contributed by atoms with Gasteiger partial charge in [0.15, 0.2) is 0 Å². The van der Waals surface area contributed by atoms with Crippen molar-refractivity contribution in [3.63, 3.8) is 0 Å². The van der Waals surface area contributed by atoms with Gasteiger partial charge in [-0.05, 0) is 32.1 Å². The van der Waals surface area contributed by atoms with Crippen molar-refractivity contribution in [2.24, 2.45) is 17.8 Å². The molecule has 0 aromatic carbocycles. The monoisotopic (exact) mass is 216 g/mol. The first kappa shape index (κ1) is 12.7. The Morgan fingerprint density at radius 1 is 1.40 bits per heavy atom. The second-order valence-electron chi connectivity index (χ2n) is 5.08. The molecule has 1 rings (SSSR count). The molecule has 0 bridgehead atoms. The molecule has 1 saturated carbocycles. The molecule has 1 unspecified atom stereocenters. The van der Waals surface area contributed by atoms with Gasteiger partial charge in [-0.25, -0.2) is 8.78 Å². The Morgan fingerprint density at radius 3 is 2.47 bits per heavy atom. The highest BCUT2D eigenvalue weighted by Crippen LogP contribution is 2.48. The van der Waals surface area contributed by atoms with E-state index in [-0.39, 0.29) is 0 Å². The minimum Gasteiger partial charge on any atom is -0.206 e. The Kier molecular flexibility index (Phi) is 3.91. The van der Waals surface area contributed by atoms with Gasteiger partial charge in [0.2, 0.25) is 0 Å². The van der Waals surface area contributed by atoms with Crippen LogP contribution in [0.3, 0.4) is 0 Å². The standard InChI is InChI=1S/C13H22F2/c1-5-6-12-8-11(9(2)3)7-10(4)13(12,14)15/h10-12H,2,5-8H2,1,3-4H3/t10-,11-,12?/m0/s1. The summed E-state index contributed by atoms with van der Waals surface area (Å²) in [5.74, 6) is -3.10. The summed E-state index contributed by atoms with van der Waals surface area (Å²) >= 11 is 0. The second kappa shape index (κ2) is 4.63. The SMILES string of the molecule is C=C(C)[C@@H]1CC(CCC)C(F)(F)[C@@H](C)C1. The molecule has 2 heteroatoms. The zero-order valence-corrected chi connectivity index (χ0v) is 10.0. The fourth-order valence-corrected chi connectivity index (χ4v) is 2.64. The first-order valence-corrected chi connectivity index (χ1v) is 5.92. The summed E-state index contributed by atoms with van der Waals surface area (Å²) in [4.78, 5) is 0. The molecule has 0 nitrogen and oxygen atoms in total. The van der Waals surface area contributed by atoms with Gasteiger partial charge >= 0.3 is 0 Å². The van der Waals surface area contributed by atoms with Gasteiger partial charge < -0.3 is 0 Å². The Bertz CT molecular complexity index is 233. The van der Waals surface area contributed by atoms with Crippen molar-refractivity contribution < 1.29 is 8.78 Å². The predicted octanol–water partition coefficient (Wildman–Crippen LogP) is 4.66. The van der Waals surface area contributed by atoms with E-state index in [1.54, 1.807) is 6.92 Å². The van der Waals surface area contributed by atoms with Crippen LogP contribution in [0.15, 0.2) is 12.2 Å². The molecular formula is C13H22F2. The summed E-state index contributed by atoms with van der Waals surface area (Å²) in [7, 11) is 0. The normalized spacial score (nSPS) is 35.1. The highest BCUT2D eigenvalue weighted by molar-refractivity contribution is 5.03. The summed E-state index contributed by atoms with van der Waals surface area (Å²) in [6.07, 6.45) is 2.71. The molecular weight excluding hydrogens is 194 g/mol. The van der Waals surface area contributed by atoms with E-state index >= 15 is 0 Å². The highest BCUT2D eigenvalue weighted by atomic mass is 19.3. The average Bonchev–Trinajstić information content (AvgIpc) is 2.13. The van der Waals surface area contributed by atoms with Crippen molar-refractivity contribution in [2.45, 2.75) is 52.4 Å². The molecule has 0 aromatic heterocycles. The molecule has 1 aliphatic carbocycles. The molecule has 1 aliphatic rings. The van der Waals surface area contributed by atoms with Crippen molar-refractivity contribution in [3.8, 4) is 0 Å². The summed E-state index contributed by atoms with van der Waals surface area (Å²) in [5.41, 5.74) is 1.07. The van der Waals surface area contributed by atoms with Crippen LogP contribution < -0.4 is 0 Å². The van der Waals surface area contributed by atoms with Gasteiger partial charge in [0.25, 0.3) is 5.92 Å². The molecule has 0 radical (unpaired) electrons. The largest absolute Gasteiger partial charge is 0.253 e. The fourth-order valence-electron chi connectivity index (χ4n) is 2.64. The van der Waals surface area contributed by atoms with E-state index in [1.165, 1.54) is 0 Å². The number of halogens is 2. The van der Waals surface area contributed by atoms with Crippen LogP contribution in [-0.4, -0.2) is 5.92 Å². The van der Waals surface area contributed by atoms with Gasteiger partial charge in [-0.3, -0.25) is 0 Å². The number of rotatable bonds is 3. The van der Waals surface area contributed by atoms with Gasteiger partial charge in [-0.2, -0.15) is 0 Å². The van der Waals surface area contributed by atoms with E-state index in [1.807, 2.05) is 13.8 Å². The molecule has 0 heterocycles. The minimum absolute atomic E-state index is 0.302. The number of hydrogen-bond acceptors (Lipinski definition) is 0. The van der Waals surface area contributed by atoms with E-state index < -0.39 is 17.8 Å². The Morgan fingerprint density at radius 2 is 2.00 bits per heavy atom. The van der Waals surface area contributed by atoms with Gasteiger partial charge in [-0.1, -0.05) is 32.4 Å². The highest BCUT2D eigenvalue weighted by Gasteiger charge is 2.48. The van der Waals surface area contributed by atoms with E-state index in [0.29, 0.717) is 25.2 Å². The zero-order chi connectivity index (χ0) is 11.6. The molecule has 0 aliphatic heterocycles. The third kappa shape index (κ3) is 2.59. The van der Waals surface area contributed by atoms with Crippen LogP contribution >= 0.6 is 0 Å². The van der Waals surface area contributed by atoms with E-state index in [9.17, 15) is 8.78 Å².